The molecule has 0 aromatic heterocycles. The van der Waals surface area contributed by atoms with Crippen molar-refractivity contribution < 1.29 is 23.1 Å². The maximum atomic E-state index is 13.5. The Morgan fingerprint density at radius 1 is 1.04 bits per heavy atom. The maximum absolute atomic E-state index is 13.5. The first-order chi connectivity index (χ1) is 11.3. The summed E-state index contributed by atoms with van der Waals surface area (Å²) in [6.07, 6.45) is -4.96. The van der Waals surface area contributed by atoms with Crippen LogP contribution in [-0.2, 0) is 0 Å². The number of nitrogens with zero attached hydrogens (tertiary/aromatic N) is 2. The summed E-state index contributed by atoms with van der Waals surface area (Å²) in [5, 5.41) is 14.7. The summed E-state index contributed by atoms with van der Waals surface area (Å²) in [5.41, 5.74) is -3.49. The molecule has 1 amide bonds. The first kappa shape index (κ1) is 16.2. The number of hydrogen-bond acceptors (Lipinski definition) is 3. The average Bonchev–Trinajstić information content (AvgIpc) is 2.95. The minimum absolute atomic E-state index is 0.112. The van der Waals surface area contributed by atoms with Crippen LogP contribution in [0.3, 0.4) is 0 Å². The van der Waals surface area contributed by atoms with E-state index >= 15 is 0 Å². The number of alkyl halides is 3. The fourth-order valence-electron chi connectivity index (χ4n) is 2.49. The number of aliphatic hydroxyl groups is 1. The predicted octanol–water partition coefficient (Wildman–Crippen LogP) is 2.84. The van der Waals surface area contributed by atoms with Crippen LogP contribution in [-0.4, -0.2) is 40.1 Å². The molecule has 1 unspecified atom stereocenters. The zero-order chi connectivity index (χ0) is 17.4. The van der Waals surface area contributed by atoms with Crippen molar-refractivity contribution in [3.05, 3.63) is 71.8 Å². The molecule has 0 fully saturated rings. The lowest BCUT2D eigenvalue weighted by molar-refractivity contribution is -0.228. The highest BCUT2D eigenvalue weighted by Crippen LogP contribution is 2.38. The van der Waals surface area contributed by atoms with Crippen LogP contribution in [0.5, 0.6) is 0 Å². The highest BCUT2D eigenvalue weighted by atomic mass is 19.4. The van der Waals surface area contributed by atoms with Gasteiger partial charge in [0.25, 0.3) is 5.91 Å². The normalized spacial score (nSPS) is 20.8. The third-order valence-corrected chi connectivity index (χ3v) is 3.76. The Kier molecular flexibility index (Phi) is 3.88. The van der Waals surface area contributed by atoms with Gasteiger partial charge in [-0.15, -0.1) is 0 Å². The lowest BCUT2D eigenvalue weighted by Gasteiger charge is -2.27. The molecular formula is C17H13F3N2O2. The summed E-state index contributed by atoms with van der Waals surface area (Å²) >= 11 is 0. The molecular weight excluding hydrogens is 321 g/mol. The molecule has 124 valence electrons. The number of β-amino-alcohol motifs (C(OH)–C–C–N with tert-alkyl or cyclic N) is 1. The van der Waals surface area contributed by atoms with E-state index in [1.165, 1.54) is 36.4 Å². The monoisotopic (exact) mass is 334 g/mol. The highest BCUT2D eigenvalue weighted by molar-refractivity contribution is 6.10. The number of hydrogen-bond donors (Lipinski definition) is 1. The lowest BCUT2D eigenvalue weighted by atomic mass is 9.92. The molecule has 2 aromatic carbocycles. The van der Waals surface area contributed by atoms with Gasteiger partial charge in [0.2, 0.25) is 5.60 Å². The van der Waals surface area contributed by atoms with Crippen LogP contribution >= 0.6 is 0 Å². The van der Waals surface area contributed by atoms with Gasteiger partial charge in [0.05, 0.1) is 6.54 Å². The van der Waals surface area contributed by atoms with Crippen molar-refractivity contribution in [2.75, 3.05) is 6.54 Å². The molecule has 1 N–H and O–H groups in total. The number of amides is 1. The molecule has 0 radical (unpaired) electrons. The van der Waals surface area contributed by atoms with E-state index < -0.39 is 29.9 Å². The molecule has 0 saturated heterocycles. The summed E-state index contributed by atoms with van der Waals surface area (Å²) in [7, 11) is 0. The molecule has 24 heavy (non-hydrogen) atoms. The number of rotatable bonds is 2. The predicted molar refractivity (Wildman–Crippen MR) is 81.5 cm³/mol. The quantitative estimate of drug-likeness (QED) is 0.918. The van der Waals surface area contributed by atoms with Crippen molar-refractivity contribution in [3.8, 4) is 0 Å². The SMILES string of the molecule is O=C(c1ccccc1)N1CC(O)(C(F)(F)F)C(c2ccccc2)=N1. The van der Waals surface area contributed by atoms with E-state index in [1.54, 1.807) is 24.3 Å². The number of carbonyl (C=O) groups is 1. The van der Waals surface area contributed by atoms with E-state index in [9.17, 15) is 23.1 Å². The summed E-state index contributed by atoms with van der Waals surface area (Å²) < 4.78 is 40.4. The highest BCUT2D eigenvalue weighted by Gasteiger charge is 2.62. The van der Waals surface area contributed by atoms with Gasteiger partial charge in [-0.3, -0.25) is 4.79 Å². The Labute approximate surface area is 135 Å². The molecule has 1 heterocycles. The second-order valence-electron chi connectivity index (χ2n) is 5.40. The largest absolute Gasteiger partial charge is 0.424 e. The Balaban J connectivity index is 2.03. The van der Waals surface area contributed by atoms with Gasteiger partial charge < -0.3 is 5.11 Å². The van der Waals surface area contributed by atoms with Crippen molar-refractivity contribution in [3.63, 3.8) is 0 Å². The van der Waals surface area contributed by atoms with Crippen molar-refractivity contribution in [1.29, 1.82) is 0 Å². The van der Waals surface area contributed by atoms with Crippen LogP contribution in [0.25, 0.3) is 0 Å². The second-order valence-corrected chi connectivity index (χ2v) is 5.40. The summed E-state index contributed by atoms with van der Waals surface area (Å²) in [6.45, 7) is -0.978. The first-order valence-corrected chi connectivity index (χ1v) is 7.13. The van der Waals surface area contributed by atoms with Crippen LogP contribution in [0.15, 0.2) is 65.8 Å². The van der Waals surface area contributed by atoms with Crippen LogP contribution in [0.4, 0.5) is 13.2 Å². The molecule has 1 atom stereocenters. The smallest absolute Gasteiger partial charge is 0.374 e. The van der Waals surface area contributed by atoms with Crippen molar-refractivity contribution in [2.24, 2.45) is 5.10 Å². The van der Waals surface area contributed by atoms with Gasteiger partial charge in [-0.25, -0.2) is 5.01 Å². The van der Waals surface area contributed by atoms with Crippen LogP contribution in [0.1, 0.15) is 15.9 Å². The molecule has 4 nitrogen and oxygen atoms in total. The Morgan fingerprint density at radius 3 is 2.12 bits per heavy atom. The van der Waals surface area contributed by atoms with Crippen LogP contribution in [0, 0.1) is 0 Å². The topological polar surface area (TPSA) is 52.9 Å². The number of hydrazone groups is 1. The number of halogens is 3. The summed E-state index contributed by atoms with van der Waals surface area (Å²) in [5.74, 6) is -0.704. The molecule has 1 aliphatic rings. The van der Waals surface area contributed by atoms with Gasteiger partial charge in [0, 0.05) is 11.1 Å². The van der Waals surface area contributed by atoms with Gasteiger partial charge in [-0.2, -0.15) is 18.3 Å². The second kappa shape index (κ2) is 5.76. The molecule has 0 spiro atoms. The fourth-order valence-corrected chi connectivity index (χ4v) is 2.49. The molecule has 1 aliphatic heterocycles. The van der Waals surface area contributed by atoms with E-state index in [1.807, 2.05) is 0 Å². The van der Waals surface area contributed by atoms with E-state index in [0.29, 0.717) is 5.01 Å². The van der Waals surface area contributed by atoms with Gasteiger partial charge in [0.1, 0.15) is 5.71 Å². The minimum atomic E-state index is -4.96. The Hall–Kier alpha value is -2.67. The van der Waals surface area contributed by atoms with Crippen molar-refractivity contribution in [1.82, 2.24) is 5.01 Å². The molecule has 0 bridgehead atoms. The maximum Gasteiger partial charge on any atom is 0.424 e. The zero-order valence-electron chi connectivity index (χ0n) is 12.4. The van der Waals surface area contributed by atoms with E-state index in [4.69, 9.17) is 0 Å². The molecule has 7 heteroatoms. The van der Waals surface area contributed by atoms with E-state index in [0.717, 1.165) is 0 Å². The standard InChI is InChI=1S/C17H13F3N2O2/c18-17(19,20)16(24)11-22(15(23)13-9-5-2-6-10-13)21-14(16)12-7-3-1-4-8-12/h1-10,24H,11H2. The molecule has 0 saturated carbocycles. The molecule has 2 aromatic rings. The Morgan fingerprint density at radius 2 is 1.58 bits per heavy atom. The lowest BCUT2D eigenvalue weighted by Crippen LogP contribution is -2.54. The Bertz CT molecular complexity index is 775. The van der Waals surface area contributed by atoms with Gasteiger partial charge in [-0.05, 0) is 12.1 Å². The van der Waals surface area contributed by atoms with E-state index in [2.05, 4.69) is 5.10 Å². The van der Waals surface area contributed by atoms with E-state index in [-0.39, 0.29) is 11.1 Å². The van der Waals surface area contributed by atoms with Gasteiger partial charge in [0.15, 0.2) is 0 Å². The summed E-state index contributed by atoms with van der Waals surface area (Å²) in [4.78, 5) is 12.4. The number of benzene rings is 2. The van der Waals surface area contributed by atoms with Crippen molar-refractivity contribution >= 4 is 11.6 Å². The van der Waals surface area contributed by atoms with Gasteiger partial charge >= 0.3 is 6.18 Å². The zero-order valence-corrected chi connectivity index (χ0v) is 12.4. The van der Waals surface area contributed by atoms with Crippen LogP contribution < -0.4 is 0 Å². The minimum Gasteiger partial charge on any atom is -0.374 e. The average molecular weight is 334 g/mol. The number of carbonyl (C=O) groups excluding carboxylic acids is 1. The third kappa shape index (κ3) is 2.67. The third-order valence-electron chi connectivity index (χ3n) is 3.76. The molecule has 3 rings (SSSR count). The van der Waals surface area contributed by atoms with Crippen molar-refractivity contribution in [2.45, 2.75) is 11.8 Å². The molecule has 0 aliphatic carbocycles. The summed E-state index contributed by atoms with van der Waals surface area (Å²) in [6, 6.07) is 15.4. The fraction of sp³-hybridized carbons (Fsp3) is 0.176. The van der Waals surface area contributed by atoms with Gasteiger partial charge in [-0.1, -0.05) is 48.5 Å². The first-order valence-electron chi connectivity index (χ1n) is 7.13. The van der Waals surface area contributed by atoms with Crippen LogP contribution in [0.2, 0.25) is 0 Å².